The lowest BCUT2D eigenvalue weighted by atomic mass is 10.2. The van der Waals surface area contributed by atoms with E-state index in [-0.39, 0.29) is 0 Å². The van der Waals surface area contributed by atoms with E-state index in [4.69, 9.17) is 4.42 Å². The molecule has 78 valence electrons. The Morgan fingerprint density at radius 1 is 1.50 bits per heavy atom. The van der Waals surface area contributed by atoms with Crippen LogP contribution in [0.3, 0.4) is 0 Å². The molecule has 14 heavy (non-hydrogen) atoms. The Bertz CT molecular complexity index is 306. The van der Waals surface area contributed by atoms with Crippen LogP contribution in [0.15, 0.2) is 4.42 Å². The SMILES string of the molecule is Cc1nnc(CN(C)[C@@H](C)C2CC2)o1. The minimum atomic E-state index is 0.627. The van der Waals surface area contributed by atoms with Gasteiger partial charge in [0, 0.05) is 13.0 Å². The molecule has 1 aromatic rings. The van der Waals surface area contributed by atoms with Crippen LogP contribution in [0.5, 0.6) is 0 Å². The molecule has 2 rings (SSSR count). The van der Waals surface area contributed by atoms with Crippen LogP contribution >= 0.6 is 0 Å². The summed E-state index contributed by atoms with van der Waals surface area (Å²) in [6.07, 6.45) is 2.74. The minimum Gasteiger partial charge on any atom is -0.424 e. The summed E-state index contributed by atoms with van der Waals surface area (Å²) in [6.45, 7) is 4.85. The fourth-order valence-electron chi connectivity index (χ4n) is 1.70. The fourth-order valence-corrected chi connectivity index (χ4v) is 1.70. The van der Waals surface area contributed by atoms with Crippen LogP contribution in [0.25, 0.3) is 0 Å². The quantitative estimate of drug-likeness (QED) is 0.732. The third kappa shape index (κ3) is 2.12. The van der Waals surface area contributed by atoms with Crippen LogP contribution < -0.4 is 0 Å². The Balaban J connectivity index is 1.89. The highest BCUT2D eigenvalue weighted by Gasteiger charge is 2.30. The monoisotopic (exact) mass is 195 g/mol. The standard InChI is InChI=1S/C10H17N3O/c1-7(9-4-5-9)13(3)6-10-12-11-8(2)14-10/h7,9H,4-6H2,1-3H3/t7-/m0/s1. The van der Waals surface area contributed by atoms with Gasteiger partial charge in [0.15, 0.2) is 0 Å². The van der Waals surface area contributed by atoms with Crippen LogP contribution in [0, 0.1) is 12.8 Å². The van der Waals surface area contributed by atoms with Crippen LogP contribution in [0.4, 0.5) is 0 Å². The van der Waals surface area contributed by atoms with E-state index in [0.717, 1.165) is 18.4 Å². The van der Waals surface area contributed by atoms with E-state index >= 15 is 0 Å². The van der Waals surface area contributed by atoms with E-state index in [9.17, 15) is 0 Å². The zero-order chi connectivity index (χ0) is 10.1. The number of aryl methyl sites for hydroxylation is 1. The highest BCUT2D eigenvalue weighted by molar-refractivity contribution is 4.86. The van der Waals surface area contributed by atoms with Gasteiger partial charge in [0.1, 0.15) is 0 Å². The van der Waals surface area contributed by atoms with Gasteiger partial charge in [-0.25, -0.2) is 0 Å². The smallest absolute Gasteiger partial charge is 0.230 e. The number of hydrogen-bond acceptors (Lipinski definition) is 4. The first-order valence-corrected chi connectivity index (χ1v) is 5.16. The number of hydrogen-bond donors (Lipinski definition) is 0. The molecule has 1 aliphatic carbocycles. The molecule has 4 heteroatoms. The molecule has 1 saturated carbocycles. The van der Waals surface area contributed by atoms with Gasteiger partial charge in [0.25, 0.3) is 0 Å². The molecule has 0 N–H and O–H groups in total. The molecule has 0 saturated heterocycles. The van der Waals surface area contributed by atoms with Crippen LogP contribution in [0.2, 0.25) is 0 Å². The summed E-state index contributed by atoms with van der Waals surface area (Å²) in [6, 6.07) is 0.627. The fraction of sp³-hybridized carbons (Fsp3) is 0.800. The Hall–Kier alpha value is -0.900. The van der Waals surface area contributed by atoms with E-state index in [1.807, 2.05) is 6.92 Å². The highest BCUT2D eigenvalue weighted by atomic mass is 16.4. The first kappa shape index (κ1) is 9.65. The van der Waals surface area contributed by atoms with Gasteiger partial charge >= 0.3 is 0 Å². The van der Waals surface area contributed by atoms with Gasteiger partial charge in [-0.05, 0) is 32.7 Å². The van der Waals surface area contributed by atoms with Crippen molar-refractivity contribution >= 4 is 0 Å². The largest absolute Gasteiger partial charge is 0.424 e. The predicted molar refractivity (Wildman–Crippen MR) is 52.7 cm³/mol. The minimum absolute atomic E-state index is 0.627. The normalized spacial score (nSPS) is 18.9. The average Bonchev–Trinajstić information content (AvgIpc) is 2.91. The van der Waals surface area contributed by atoms with E-state index < -0.39 is 0 Å². The second-order valence-electron chi connectivity index (χ2n) is 4.21. The van der Waals surface area contributed by atoms with Gasteiger partial charge in [-0.15, -0.1) is 10.2 Å². The molecular weight excluding hydrogens is 178 g/mol. The third-order valence-electron chi connectivity index (χ3n) is 2.95. The van der Waals surface area contributed by atoms with Gasteiger partial charge in [-0.3, -0.25) is 4.90 Å². The van der Waals surface area contributed by atoms with Crippen molar-refractivity contribution in [1.29, 1.82) is 0 Å². The molecule has 0 spiro atoms. The summed E-state index contributed by atoms with van der Waals surface area (Å²) in [7, 11) is 2.11. The van der Waals surface area contributed by atoms with Crippen molar-refractivity contribution in [2.75, 3.05) is 7.05 Å². The molecule has 1 fully saturated rings. The highest BCUT2D eigenvalue weighted by Crippen LogP contribution is 2.34. The lowest BCUT2D eigenvalue weighted by molar-refractivity contribution is 0.205. The average molecular weight is 195 g/mol. The van der Waals surface area contributed by atoms with Crippen molar-refractivity contribution in [3.8, 4) is 0 Å². The summed E-state index contributed by atoms with van der Waals surface area (Å²) in [5.41, 5.74) is 0. The summed E-state index contributed by atoms with van der Waals surface area (Å²) in [5, 5.41) is 7.81. The zero-order valence-corrected chi connectivity index (χ0v) is 9.03. The molecule has 0 aromatic carbocycles. The van der Waals surface area contributed by atoms with Crippen LogP contribution in [-0.2, 0) is 6.54 Å². The van der Waals surface area contributed by atoms with Gasteiger partial charge in [-0.2, -0.15) is 0 Å². The number of rotatable bonds is 4. The van der Waals surface area contributed by atoms with E-state index in [0.29, 0.717) is 11.9 Å². The molecule has 1 aromatic heterocycles. The maximum absolute atomic E-state index is 5.34. The van der Waals surface area contributed by atoms with Crippen molar-refractivity contribution in [2.24, 2.45) is 5.92 Å². The predicted octanol–water partition coefficient (Wildman–Crippen LogP) is 1.61. The third-order valence-corrected chi connectivity index (χ3v) is 2.95. The first-order chi connectivity index (χ1) is 6.66. The van der Waals surface area contributed by atoms with E-state index in [2.05, 4.69) is 29.1 Å². The van der Waals surface area contributed by atoms with Crippen molar-refractivity contribution in [2.45, 2.75) is 39.3 Å². The molecule has 0 aliphatic heterocycles. The maximum Gasteiger partial charge on any atom is 0.230 e. The molecule has 1 aliphatic rings. The van der Waals surface area contributed by atoms with Crippen LogP contribution in [0.1, 0.15) is 31.5 Å². The maximum atomic E-state index is 5.34. The van der Waals surface area contributed by atoms with Gasteiger partial charge in [0.05, 0.1) is 6.54 Å². The van der Waals surface area contributed by atoms with E-state index in [1.165, 1.54) is 12.8 Å². The summed E-state index contributed by atoms with van der Waals surface area (Å²) in [5.74, 6) is 2.24. The Morgan fingerprint density at radius 3 is 2.71 bits per heavy atom. The molecular formula is C10H17N3O. The van der Waals surface area contributed by atoms with Gasteiger partial charge in [0.2, 0.25) is 11.8 Å². The lowest BCUT2D eigenvalue weighted by Gasteiger charge is -2.22. The molecule has 0 amide bonds. The topological polar surface area (TPSA) is 42.2 Å². The van der Waals surface area contributed by atoms with Crippen molar-refractivity contribution in [3.05, 3.63) is 11.8 Å². The number of aromatic nitrogens is 2. The Kier molecular flexibility index (Phi) is 2.54. The van der Waals surface area contributed by atoms with Crippen molar-refractivity contribution < 1.29 is 4.42 Å². The molecule has 4 nitrogen and oxygen atoms in total. The second-order valence-corrected chi connectivity index (χ2v) is 4.21. The molecule has 0 radical (unpaired) electrons. The molecule has 0 bridgehead atoms. The summed E-state index contributed by atoms with van der Waals surface area (Å²) in [4.78, 5) is 2.28. The molecule has 1 heterocycles. The van der Waals surface area contributed by atoms with Crippen molar-refractivity contribution in [3.63, 3.8) is 0 Å². The van der Waals surface area contributed by atoms with Crippen LogP contribution in [-0.4, -0.2) is 28.2 Å². The first-order valence-electron chi connectivity index (χ1n) is 5.16. The lowest BCUT2D eigenvalue weighted by Crippen LogP contribution is -2.30. The summed E-state index contributed by atoms with van der Waals surface area (Å²) < 4.78 is 5.34. The van der Waals surface area contributed by atoms with E-state index in [1.54, 1.807) is 0 Å². The zero-order valence-electron chi connectivity index (χ0n) is 9.03. The van der Waals surface area contributed by atoms with Gasteiger partial charge < -0.3 is 4.42 Å². The Morgan fingerprint density at radius 2 is 2.21 bits per heavy atom. The molecule has 0 unspecified atom stereocenters. The second kappa shape index (κ2) is 3.69. The van der Waals surface area contributed by atoms with Gasteiger partial charge in [-0.1, -0.05) is 0 Å². The van der Waals surface area contributed by atoms with Crippen molar-refractivity contribution in [1.82, 2.24) is 15.1 Å². The Labute approximate surface area is 84.3 Å². The number of nitrogens with zero attached hydrogens (tertiary/aromatic N) is 3. The molecule has 1 atom stereocenters. The summed E-state index contributed by atoms with van der Waals surface area (Å²) >= 11 is 0.